The van der Waals surface area contributed by atoms with Gasteiger partial charge in [-0.25, -0.2) is 19.2 Å². The normalized spacial score (nSPS) is 22.3. The molecule has 152 valence electrons. The fourth-order valence-corrected chi connectivity index (χ4v) is 2.58. The van der Waals surface area contributed by atoms with Crippen LogP contribution in [-0.4, -0.2) is 70.3 Å². The van der Waals surface area contributed by atoms with E-state index in [0.717, 1.165) is 0 Å². The first-order valence-corrected chi connectivity index (χ1v) is 9.03. The van der Waals surface area contributed by atoms with Gasteiger partial charge in [-0.2, -0.15) is 0 Å². The van der Waals surface area contributed by atoms with Gasteiger partial charge in [0.1, 0.15) is 23.3 Å². The molecular formula is C18H28N2O7. The molecule has 0 aromatic heterocycles. The van der Waals surface area contributed by atoms with E-state index in [2.05, 4.69) is 0 Å². The Kier molecular flexibility index (Phi) is 5.72. The van der Waals surface area contributed by atoms with Crippen LogP contribution in [0.5, 0.6) is 0 Å². The number of carbonyl (C=O) groups is 4. The van der Waals surface area contributed by atoms with E-state index in [1.54, 1.807) is 41.5 Å². The Morgan fingerprint density at radius 2 is 1.04 bits per heavy atom. The van der Waals surface area contributed by atoms with Crippen LogP contribution in [0.2, 0.25) is 0 Å². The number of hydrogen-bond acceptors (Lipinski definition) is 7. The maximum absolute atomic E-state index is 12.2. The average molecular weight is 384 g/mol. The minimum Gasteiger partial charge on any atom is -0.444 e. The van der Waals surface area contributed by atoms with Crippen molar-refractivity contribution in [1.82, 2.24) is 9.80 Å². The first kappa shape index (κ1) is 21.0. The largest absolute Gasteiger partial charge is 0.444 e. The van der Waals surface area contributed by atoms with Crippen LogP contribution in [0, 0.1) is 0 Å². The second kappa shape index (κ2) is 7.36. The Morgan fingerprint density at radius 1 is 0.704 bits per heavy atom. The predicted molar refractivity (Wildman–Crippen MR) is 93.8 cm³/mol. The number of carbonyl (C=O) groups excluding carboxylic acids is 4. The fraction of sp³-hybridized carbons (Fsp3) is 0.778. The lowest BCUT2D eigenvalue weighted by molar-refractivity contribution is -0.172. The third-order valence-corrected chi connectivity index (χ3v) is 4.04. The molecule has 0 unspecified atom stereocenters. The molecule has 2 aliphatic rings. The molecule has 2 rings (SSSR count). The number of hydrogen-bond donors (Lipinski definition) is 0. The summed E-state index contributed by atoms with van der Waals surface area (Å²) in [5.41, 5.74) is -1.37. The first-order chi connectivity index (χ1) is 12.3. The van der Waals surface area contributed by atoms with Crippen LogP contribution in [0.15, 0.2) is 0 Å². The quantitative estimate of drug-likeness (QED) is 0.408. The number of esters is 2. The van der Waals surface area contributed by atoms with Crippen molar-refractivity contribution < 1.29 is 33.4 Å². The maximum Gasteiger partial charge on any atom is 0.411 e. The second-order valence-electron chi connectivity index (χ2n) is 8.70. The monoisotopic (exact) mass is 384 g/mol. The van der Waals surface area contributed by atoms with E-state index in [1.165, 1.54) is 9.80 Å². The second-order valence-corrected chi connectivity index (χ2v) is 8.70. The Balaban J connectivity index is 1.88. The van der Waals surface area contributed by atoms with Gasteiger partial charge in [-0.3, -0.25) is 9.80 Å². The highest BCUT2D eigenvalue weighted by atomic mass is 16.6. The van der Waals surface area contributed by atoms with E-state index in [1.807, 2.05) is 0 Å². The molecule has 2 amide bonds. The first-order valence-electron chi connectivity index (χ1n) is 9.03. The molecule has 0 bridgehead atoms. The standard InChI is InChI=1S/C18H28N2O7/c1-17(2,3)26-15(23)19-9-7-11(19)13(21)25-14(22)12-8-10-20(12)16(24)27-18(4,5)6/h11-12H,7-10H2,1-6H3/t11-,12-/m0/s1. The van der Waals surface area contributed by atoms with Gasteiger partial charge in [0.2, 0.25) is 0 Å². The summed E-state index contributed by atoms with van der Waals surface area (Å²) in [6.45, 7) is 11.1. The van der Waals surface area contributed by atoms with Crippen molar-refractivity contribution in [3.8, 4) is 0 Å². The number of amides is 2. The lowest BCUT2D eigenvalue weighted by Gasteiger charge is -2.41. The van der Waals surface area contributed by atoms with Crippen LogP contribution in [0.25, 0.3) is 0 Å². The van der Waals surface area contributed by atoms with E-state index in [4.69, 9.17) is 14.2 Å². The molecule has 2 atom stereocenters. The van der Waals surface area contributed by atoms with E-state index in [-0.39, 0.29) is 0 Å². The predicted octanol–water partition coefficient (Wildman–Crippen LogP) is 2.07. The Bertz CT molecular complexity index is 579. The molecule has 0 radical (unpaired) electrons. The van der Waals surface area contributed by atoms with Crippen molar-refractivity contribution >= 4 is 24.1 Å². The molecule has 2 fully saturated rings. The summed E-state index contributed by atoms with van der Waals surface area (Å²) in [4.78, 5) is 51.1. The van der Waals surface area contributed by atoms with Gasteiger partial charge in [0.25, 0.3) is 0 Å². The summed E-state index contributed by atoms with van der Waals surface area (Å²) in [6.07, 6.45) is -0.457. The van der Waals surface area contributed by atoms with Crippen LogP contribution >= 0.6 is 0 Å². The van der Waals surface area contributed by atoms with E-state index in [9.17, 15) is 19.2 Å². The molecule has 9 nitrogen and oxygen atoms in total. The summed E-state index contributed by atoms with van der Waals surface area (Å²) in [6, 6.07) is -1.70. The van der Waals surface area contributed by atoms with Crippen LogP contribution in [0.3, 0.4) is 0 Å². The third kappa shape index (κ3) is 5.33. The molecule has 2 heterocycles. The van der Waals surface area contributed by atoms with Crippen molar-refractivity contribution in [3.63, 3.8) is 0 Å². The molecule has 0 saturated carbocycles. The zero-order chi connectivity index (χ0) is 20.6. The lowest BCUT2D eigenvalue weighted by atomic mass is 10.0. The highest BCUT2D eigenvalue weighted by molar-refractivity contribution is 5.94. The molecular weight excluding hydrogens is 356 g/mol. The average Bonchev–Trinajstić information content (AvgIpc) is 2.29. The molecule has 0 N–H and O–H groups in total. The topological polar surface area (TPSA) is 102 Å². The van der Waals surface area contributed by atoms with Gasteiger partial charge in [-0.15, -0.1) is 0 Å². The minimum absolute atomic E-state index is 0.357. The Morgan fingerprint density at radius 3 is 1.26 bits per heavy atom. The minimum atomic E-state index is -0.848. The van der Waals surface area contributed by atoms with Crippen LogP contribution in [-0.2, 0) is 23.8 Å². The molecule has 0 aromatic rings. The van der Waals surface area contributed by atoms with Gasteiger partial charge in [0.15, 0.2) is 0 Å². The van der Waals surface area contributed by atoms with Gasteiger partial charge in [0, 0.05) is 13.1 Å². The molecule has 9 heteroatoms. The number of rotatable bonds is 2. The SMILES string of the molecule is CC(C)(C)OC(=O)N1CC[C@H]1C(=O)OC(=O)[C@@H]1CCN1C(=O)OC(C)(C)C. The van der Waals surface area contributed by atoms with Crippen LogP contribution < -0.4 is 0 Å². The highest BCUT2D eigenvalue weighted by Gasteiger charge is 2.45. The van der Waals surface area contributed by atoms with E-state index >= 15 is 0 Å². The summed E-state index contributed by atoms with van der Waals surface area (Å²) in [5.74, 6) is -1.62. The van der Waals surface area contributed by atoms with Gasteiger partial charge in [-0.1, -0.05) is 0 Å². The number of likely N-dealkylation sites (tertiary alicyclic amines) is 2. The van der Waals surface area contributed by atoms with Crippen molar-refractivity contribution in [2.24, 2.45) is 0 Å². The van der Waals surface area contributed by atoms with Gasteiger partial charge < -0.3 is 14.2 Å². The van der Waals surface area contributed by atoms with Crippen molar-refractivity contribution in [2.75, 3.05) is 13.1 Å². The Hall–Kier alpha value is -2.32. The van der Waals surface area contributed by atoms with Crippen LogP contribution in [0.1, 0.15) is 54.4 Å². The van der Waals surface area contributed by atoms with E-state index in [0.29, 0.717) is 25.9 Å². The summed E-state index contributed by atoms with van der Waals surface area (Å²) in [5, 5.41) is 0. The van der Waals surface area contributed by atoms with Crippen molar-refractivity contribution in [2.45, 2.75) is 77.7 Å². The molecule has 0 aliphatic carbocycles. The van der Waals surface area contributed by atoms with Gasteiger partial charge in [0.05, 0.1) is 0 Å². The fourth-order valence-electron chi connectivity index (χ4n) is 2.58. The maximum atomic E-state index is 12.2. The molecule has 0 aromatic carbocycles. The zero-order valence-electron chi connectivity index (χ0n) is 16.7. The molecule has 27 heavy (non-hydrogen) atoms. The molecule has 2 saturated heterocycles. The zero-order valence-corrected chi connectivity index (χ0v) is 16.7. The number of ether oxygens (including phenoxy) is 3. The van der Waals surface area contributed by atoms with E-state index < -0.39 is 47.4 Å². The third-order valence-electron chi connectivity index (χ3n) is 4.04. The van der Waals surface area contributed by atoms with Gasteiger partial charge in [-0.05, 0) is 54.4 Å². The summed E-state index contributed by atoms with van der Waals surface area (Å²) >= 11 is 0. The smallest absolute Gasteiger partial charge is 0.411 e. The molecule has 0 spiro atoms. The summed E-state index contributed by atoms with van der Waals surface area (Å²) in [7, 11) is 0. The summed E-state index contributed by atoms with van der Waals surface area (Å²) < 4.78 is 15.4. The van der Waals surface area contributed by atoms with Gasteiger partial charge >= 0.3 is 24.1 Å². The van der Waals surface area contributed by atoms with Crippen LogP contribution in [0.4, 0.5) is 9.59 Å². The van der Waals surface area contributed by atoms with Crippen molar-refractivity contribution in [3.05, 3.63) is 0 Å². The number of nitrogens with zero attached hydrogens (tertiary/aromatic N) is 2. The lowest BCUT2D eigenvalue weighted by Crippen LogP contribution is -2.60. The highest BCUT2D eigenvalue weighted by Crippen LogP contribution is 2.25. The Labute approximate surface area is 158 Å². The van der Waals surface area contributed by atoms with Crippen molar-refractivity contribution in [1.29, 1.82) is 0 Å². The molecule has 2 aliphatic heterocycles.